The third kappa shape index (κ3) is 3.75. The number of carbonyl (C=O) groups excluding carboxylic acids is 2. The number of carbonyl (C=O) groups is 2. The second-order valence-electron chi connectivity index (χ2n) is 9.89. The van der Waals surface area contributed by atoms with Crippen molar-refractivity contribution >= 4 is 23.2 Å². The van der Waals surface area contributed by atoms with Crippen molar-refractivity contribution in [1.82, 2.24) is 9.55 Å². The first-order chi connectivity index (χ1) is 16.3. The maximum Gasteiger partial charge on any atom is 0.232 e. The van der Waals surface area contributed by atoms with Gasteiger partial charge in [-0.15, -0.1) is 0 Å². The molecule has 0 saturated carbocycles. The normalized spacial score (nSPS) is 18.8. The van der Waals surface area contributed by atoms with Gasteiger partial charge in [-0.25, -0.2) is 4.98 Å². The van der Waals surface area contributed by atoms with Crippen molar-refractivity contribution in [2.75, 3.05) is 22.9 Å². The highest BCUT2D eigenvalue weighted by Gasteiger charge is 2.43. The predicted octanol–water partition coefficient (Wildman–Crippen LogP) is 3.79. The van der Waals surface area contributed by atoms with Gasteiger partial charge in [-0.2, -0.15) is 5.26 Å². The van der Waals surface area contributed by atoms with Gasteiger partial charge in [0.1, 0.15) is 0 Å². The first-order valence-corrected chi connectivity index (χ1v) is 11.5. The minimum Gasteiger partial charge on any atom is -0.330 e. The van der Waals surface area contributed by atoms with Crippen molar-refractivity contribution in [3.8, 4) is 6.07 Å². The summed E-state index contributed by atoms with van der Waals surface area (Å²) in [6.07, 6.45) is 3.86. The molecule has 0 radical (unpaired) electrons. The fourth-order valence-electron chi connectivity index (χ4n) is 5.06. The molecule has 3 heterocycles. The Balaban J connectivity index is 1.38. The van der Waals surface area contributed by atoms with Crippen LogP contribution in [0.2, 0.25) is 0 Å². The van der Waals surface area contributed by atoms with Crippen molar-refractivity contribution < 1.29 is 9.59 Å². The van der Waals surface area contributed by atoms with Crippen molar-refractivity contribution in [2.24, 2.45) is 5.92 Å². The van der Waals surface area contributed by atoms with Crippen molar-refractivity contribution in [1.29, 1.82) is 5.26 Å². The second-order valence-corrected chi connectivity index (χ2v) is 9.89. The Morgan fingerprint density at radius 3 is 2.79 bits per heavy atom. The van der Waals surface area contributed by atoms with Gasteiger partial charge < -0.3 is 14.4 Å². The minimum absolute atomic E-state index is 0.0164. The van der Waals surface area contributed by atoms with E-state index >= 15 is 0 Å². The molecular weight excluding hydrogens is 426 g/mol. The standard InChI is InChI=1S/C27H27N5O2/c1-18-13-29-17-30(18)14-20-7-8-24-23(10-20)27(2,3)16-32(24)26(34)21-11-25(33)31(15-21)22-6-4-5-19(9-22)12-28/h4-10,13,17,21H,11,14-16H2,1-3H3. The molecule has 1 atom stereocenters. The number of hydrogen-bond donors (Lipinski definition) is 0. The van der Waals surface area contributed by atoms with Gasteiger partial charge in [0.25, 0.3) is 0 Å². The molecule has 172 valence electrons. The highest BCUT2D eigenvalue weighted by atomic mass is 16.2. The van der Waals surface area contributed by atoms with E-state index in [1.165, 1.54) is 5.56 Å². The zero-order chi connectivity index (χ0) is 24.0. The molecule has 34 heavy (non-hydrogen) atoms. The quantitative estimate of drug-likeness (QED) is 0.602. The Bertz CT molecular complexity index is 1330. The Morgan fingerprint density at radius 2 is 2.06 bits per heavy atom. The summed E-state index contributed by atoms with van der Waals surface area (Å²) in [5, 5.41) is 9.18. The van der Waals surface area contributed by atoms with Crippen molar-refractivity contribution in [2.45, 2.75) is 39.2 Å². The molecule has 2 aromatic carbocycles. The van der Waals surface area contributed by atoms with Gasteiger partial charge in [0.15, 0.2) is 0 Å². The van der Waals surface area contributed by atoms with E-state index < -0.39 is 5.92 Å². The number of amides is 2. The maximum absolute atomic E-state index is 13.6. The average Bonchev–Trinajstić information content (AvgIpc) is 3.49. The second kappa shape index (κ2) is 8.14. The lowest BCUT2D eigenvalue weighted by Gasteiger charge is -2.23. The first kappa shape index (κ1) is 21.9. The van der Waals surface area contributed by atoms with Gasteiger partial charge in [0.05, 0.1) is 23.9 Å². The third-order valence-electron chi connectivity index (χ3n) is 6.93. The van der Waals surface area contributed by atoms with E-state index in [0.717, 1.165) is 23.5 Å². The molecule has 1 aromatic heterocycles. The van der Waals surface area contributed by atoms with Gasteiger partial charge in [-0.3, -0.25) is 9.59 Å². The Hall–Kier alpha value is -3.92. The lowest BCUT2D eigenvalue weighted by molar-refractivity contribution is -0.124. The summed E-state index contributed by atoms with van der Waals surface area (Å²) in [4.78, 5) is 34.1. The zero-order valence-electron chi connectivity index (χ0n) is 19.7. The number of anilines is 2. The van der Waals surface area contributed by atoms with Gasteiger partial charge in [-0.05, 0) is 42.3 Å². The van der Waals surface area contributed by atoms with Crippen LogP contribution in [0.5, 0.6) is 0 Å². The van der Waals surface area contributed by atoms with Gasteiger partial charge in [-0.1, -0.05) is 32.0 Å². The van der Waals surface area contributed by atoms with Crippen molar-refractivity contribution in [3.63, 3.8) is 0 Å². The summed E-state index contributed by atoms with van der Waals surface area (Å²) < 4.78 is 2.10. The smallest absolute Gasteiger partial charge is 0.232 e. The van der Waals surface area contributed by atoms with Gasteiger partial charge in [0, 0.05) is 54.7 Å². The number of fused-ring (bicyclic) bond motifs is 1. The van der Waals surface area contributed by atoms with E-state index in [1.54, 1.807) is 23.1 Å². The topological polar surface area (TPSA) is 82.2 Å². The SMILES string of the molecule is Cc1cncn1Cc1ccc2c(c1)C(C)(C)CN2C(=O)C1CC(=O)N(c2cccc(C#N)c2)C1. The molecule has 2 aliphatic rings. The summed E-state index contributed by atoms with van der Waals surface area (Å²) in [6.45, 7) is 8.00. The van der Waals surface area contributed by atoms with Crippen LogP contribution >= 0.6 is 0 Å². The number of hydrogen-bond acceptors (Lipinski definition) is 4. The average molecular weight is 454 g/mol. The van der Waals surface area contributed by atoms with Crippen LogP contribution in [0.3, 0.4) is 0 Å². The highest BCUT2D eigenvalue weighted by molar-refractivity contribution is 6.05. The lowest BCUT2D eigenvalue weighted by Crippen LogP contribution is -2.39. The Morgan fingerprint density at radius 1 is 1.24 bits per heavy atom. The number of nitriles is 1. The number of rotatable bonds is 4. The van der Waals surface area contributed by atoms with Crippen LogP contribution in [0.25, 0.3) is 0 Å². The summed E-state index contributed by atoms with van der Waals surface area (Å²) in [5.41, 5.74) is 5.33. The van der Waals surface area contributed by atoms with Crippen LogP contribution in [-0.2, 0) is 21.5 Å². The number of imidazole rings is 1. The van der Waals surface area contributed by atoms with E-state index in [4.69, 9.17) is 0 Å². The summed E-state index contributed by atoms with van der Waals surface area (Å²) in [6, 6.07) is 15.4. The predicted molar refractivity (Wildman–Crippen MR) is 130 cm³/mol. The van der Waals surface area contributed by atoms with E-state index in [0.29, 0.717) is 24.3 Å². The Labute approximate surface area is 199 Å². The highest BCUT2D eigenvalue weighted by Crippen LogP contribution is 2.42. The zero-order valence-corrected chi connectivity index (χ0v) is 19.7. The maximum atomic E-state index is 13.6. The number of benzene rings is 2. The van der Waals surface area contributed by atoms with Crippen LogP contribution in [0.1, 0.15) is 42.7 Å². The largest absolute Gasteiger partial charge is 0.330 e. The van der Waals surface area contributed by atoms with E-state index in [-0.39, 0.29) is 23.7 Å². The van der Waals surface area contributed by atoms with Crippen LogP contribution < -0.4 is 9.80 Å². The molecular formula is C27H27N5O2. The molecule has 7 nitrogen and oxygen atoms in total. The number of nitrogens with zero attached hydrogens (tertiary/aromatic N) is 5. The first-order valence-electron chi connectivity index (χ1n) is 11.5. The van der Waals surface area contributed by atoms with E-state index in [9.17, 15) is 14.9 Å². The molecule has 1 unspecified atom stereocenters. The summed E-state index contributed by atoms with van der Waals surface area (Å²) in [5.74, 6) is -0.510. The fraction of sp³-hybridized carbons (Fsp3) is 0.333. The number of aryl methyl sites for hydroxylation is 1. The number of aromatic nitrogens is 2. The van der Waals surface area contributed by atoms with Gasteiger partial charge in [0.2, 0.25) is 11.8 Å². The lowest BCUT2D eigenvalue weighted by atomic mass is 9.86. The molecule has 3 aromatic rings. The van der Waals surface area contributed by atoms with Crippen LogP contribution in [-0.4, -0.2) is 34.5 Å². The third-order valence-corrected chi connectivity index (χ3v) is 6.93. The molecule has 2 aliphatic heterocycles. The van der Waals surface area contributed by atoms with E-state index in [1.807, 2.05) is 36.5 Å². The molecule has 5 rings (SSSR count). The molecule has 1 fully saturated rings. The molecule has 0 N–H and O–H groups in total. The van der Waals surface area contributed by atoms with Crippen molar-refractivity contribution in [3.05, 3.63) is 77.4 Å². The molecule has 1 saturated heterocycles. The van der Waals surface area contributed by atoms with E-state index in [2.05, 4.69) is 41.6 Å². The molecule has 0 bridgehead atoms. The van der Waals surface area contributed by atoms with Crippen LogP contribution in [0.15, 0.2) is 55.0 Å². The fourth-order valence-corrected chi connectivity index (χ4v) is 5.06. The van der Waals surface area contributed by atoms with Gasteiger partial charge >= 0.3 is 0 Å². The molecule has 0 spiro atoms. The Kier molecular flexibility index (Phi) is 5.24. The monoisotopic (exact) mass is 453 g/mol. The molecule has 0 aliphatic carbocycles. The minimum atomic E-state index is -0.409. The van der Waals surface area contributed by atoms with Crippen LogP contribution in [0.4, 0.5) is 11.4 Å². The molecule has 7 heteroatoms. The van der Waals surface area contributed by atoms with Crippen LogP contribution in [0, 0.1) is 24.2 Å². The molecule has 2 amide bonds. The summed E-state index contributed by atoms with van der Waals surface area (Å²) >= 11 is 0. The summed E-state index contributed by atoms with van der Waals surface area (Å²) in [7, 11) is 0.